The summed E-state index contributed by atoms with van der Waals surface area (Å²) in [5.74, 6) is 0. The molecular weight excluding hydrogens is 178 g/mol. The van der Waals surface area contributed by atoms with Crippen molar-refractivity contribution >= 4 is 6.98 Å². The van der Waals surface area contributed by atoms with Crippen LogP contribution in [0.2, 0.25) is 0 Å². The largest absolute Gasteiger partial charge is 0.482 e. The standard InChI is InChI=1S/C8H10BF3N/c10-9(11,12)5-7-1-3-8(6-13)4-2-7/h1-4H,5-6,13H2/q-1. The normalized spacial score (nSPS) is 11.7. The minimum atomic E-state index is -4.73. The number of nitrogens with two attached hydrogens (primary N) is 1. The van der Waals surface area contributed by atoms with Crippen molar-refractivity contribution < 1.29 is 12.9 Å². The number of hydrogen-bond acceptors (Lipinski definition) is 1. The van der Waals surface area contributed by atoms with Crippen LogP contribution in [-0.2, 0) is 12.9 Å². The molecule has 0 amide bonds. The van der Waals surface area contributed by atoms with E-state index in [0.717, 1.165) is 5.56 Å². The summed E-state index contributed by atoms with van der Waals surface area (Å²) < 4.78 is 35.9. The summed E-state index contributed by atoms with van der Waals surface area (Å²) in [6.45, 7) is -4.37. The van der Waals surface area contributed by atoms with Crippen molar-refractivity contribution in [1.29, 1.82) is 0 Å². The molecule has 0 saturated heterocycles. The highest BCUT2D eigenvalue weighted by Crippen LogP contribution is 2.16. The minimum absolute atomic E-state index is 0.296. The van der Waals surface area contributed by atoms with E-state index in [0.29, 0.717) is 12.1 Å². The van der Waals surface area contributed by atoms with E-state index in [-0.39, 0.29) is 0 Å². The first-order valence-corrected chi connectivity index (χ1v) is 4.00. The van der Waals surface area contributed by atoms with Crippen molar-refractivity contribution in [1.82, 2.24) is 0 Å². The molecule has 0 fully saturated rings. The molecule has 5 heteroatoms. The average Bonchev–Trinajstić information content (AvgIpc) is 2.03. The Morgan fingerprint density at radius 1 is 1.00 bits per heavy atom. The number of hydrogen-bond donors (Lipinski definition) is 1. The Morgan fingerprint density at radius 2 is 1.46 bits per heavy atom. The fourth-order valence-electron chi connectivity index (χ4n) is 1.08. The monoisotopic (exact) mass is 188 g/mol. The van der Waals surface area contributed by atoms with E-state index in [1.165, 1.54) is 12.1 Å². The maximum atomic E-state index is 12.0. The molecule has 1 nitrogen and oxygen atoms in total. The zero-order valence-corrected chi connectivity index (χ0v) is 7.01. The summed E-state index contributed by atoms with van der Waals surface area (Å²) in [6.07, 6.45) is -0.815. The summed E-state index contributed by atoms with van der Waals surface area (Å²) in [5, 5.41) is 0. The lowest BCUT2D eigenvalue weighted by atomic mass is 9.82. The third-order valence-electron chi connectivity index (χ3n) is 1.73. The fraction of sp³-hybridized carbons (Fsp3) is 0.250. The lowest BCUT2D eigenvalue weighted by molar-refractivity contribution is 0.468. The first-order chi connectivity index (χ1) is 6.01. The van der Waals surface area contributed by atoms with Gasteiger partial charge in [0.05, 0.1) is 0 Å². The van der Waals surface area contributed by atoms with Gasteiger partial charge in [-0.1, -0.05) is 36.1 Å². The average molecular weight is 188 g/mol. The van der Waals surface area contributed by atoms with Crippen LogP contribution in [0.15, 0.2) is 24.3 Å². The lowest BCUT2D eigenvalue weighted by Crippen LogP contribution is -2.19. The van der Waals surface area contributed by atoms with Gasteiger partial charge in [0, 0.05) is 6.54 Å². The van der Waals surface area contributed by atoms with E-state index in [1.807, 2.05) is 0 Å². The van der Waals surface area contributed by atoms with Crippen molar-refractivity contribution in [3.63, 3.8) is 0 Å². The highest BCUT2D eigenvalue weighted by molar-refractivity contribution is 6.57. The molecule has 0 heterocycles. The van der Waals surface area contributed by atoms with Crippen molar-refractivity contribution in [2.24, 2.45) is 5.73 Å². The van der Waals surface area contributed by atoms with Gasteiger partial charge >= 0.3 is 6.98 Å². The highest BCUT2D eigenvalue weighted by atomic mass is 19.4. The molecule has 72 valence electrons. The van der Waals surface area contributed by atoms with Crippen molar-refractivity contribution in [3.8, 4) is 0 Å². The van der Waals surface area contributed by atoms with Gasteiger partial charge in [0.2, 0.25) is 0 Å². The van der Waals surface area contributed by atoms with Crippen LogP contribution in [0.25, 0.3) is 0 Å². The summed E-state index contributed by atoms with van der Waals surface area (Å²) in [5.41, 5.74) is 6.45. The molecule has 0 spiro atoms. The van der Waals surface area contributed by atoms with E-state index >= 15 is 0 Å². The second-order valence-corrected chi connectivity index (χ2v) is 2.94. The summed E-state index contributed by atoms with van der Waals surface area (Å²) >= 11 is 0. The molecule has 1 aromatic carbocycles. The van der Waals surface area contributed by atoms with Crippen molar-refractivity contribution in [2.75, 3.05) is 0 Å². The first-order valence-electron chi connectivity index (χ1n) is 4.00. The third kappa shape index (κ3) is 3.50. The molecule has 0 aromatic heterocycles. The van der Waals surface area contributed by atoms with Crippen LogP contribution >= 0.6 is 0 Å². The Labute approximate surface area is 74.8 Å². The molecule has 0 radical (unpaired) electrons. The van der Waals surface area contributed by atoms with Crippen LogP contribution in [0.3, 0.4) is 0 Å². The van der Waals surface area contributed by atoms with Gasteiger partial charge in [-0.25, -0.2) is 0 Å². The van der Waals surface area contributed by atoms with Crippen LogP contribution < -0.4 is 5.73 Å². The topological polar surface area (TPSA) is 26.0 Å². The summed E-state index contributed by atoms with van der Waals surface area (Å²) in [7, 11) is 0. The number of rotatable bonds is 3. The van der Waals surface area contributed by atoms with Gasteiger partial charge in [0.1, 0.15) is 0 Å². The zero-order valence-electron chi connectivity index (χ0n) is 7.01. The Kier molecular flexibility index (Phi) is 2.98. The number of benzene rings is 1. The quantitative estimate of drug-likeness (QED) is 0.721. The maximum Gasteiger partial charge on any atom is 0.482 e. The molecule has 0 bridgehead atoms. The molecule has 1 rings (SSSR count). The Hall–Kier alpha value is -0.965. The Morgan fingerprint density at radius 3 is 1.85 bits per heavy atom. The highest BCUT2D eigenvalue weighted by Gasteiger charge is 2.22. The van der Waals surface area contributed by atoms with Gasteiger partial charge < -0.3 is 18.7 Å². The second-order valence-electron chi connectivity index (χ2n) is 2.94. The molecule has 13 heavy (non-hydrogen) atoms. The lowest BCUT2D eigenvalue weighted by Gasteiger charge is -2.13. The smallest absolute Gasteiger partial charge is 0.449 e. The van der Waals surface area contributed by atoms with Gasteiger partial charge in [-0.15, -0.1) is 0 Å². The molecule has 1 aromatic rings. The Bertz CT molecular complexity index is 268. The molecule has 0 aliphatic rings. The van der Waals surface area contributed by atoms with E-state index in [9.17, 15) is 12.9 Å². The SMILES string of the molecule is NCc1ccc(C[B-](F)(F)F)cc1. The summed E-state index contributed by atoms with van der Waals surface area (Å²) in [6, 6.07) is 6.18. The van der Waals surface area contributed by atoms with Crippen molar-refractivity contribution in [3.05, 3.63) is 35.4 Å². The second kappa shape index (κ2) is 3.83. The zero-order chi connectivity index (χ0) is 9.90. The van der Waals surface area contributed by atoms with Gasteiger partial charge in [-0.3, -0.25) is 0 Å². The van der Waals surface area contributed by atoms with E-state index < -0.39 is 13.3 Å². The molecular formula is C8H10BF3N-. The predicted molar refractivity (Wildman–Crippen MR) is 47.1 cm³/mol. The van der Waals surface area contributed by atoms with Crippen LogP contribution in [0.4, 0.5) is 12.9 Å². The molecule has 0 aliphatic heterocycles. The predicted octanol–water partition coefficient (Wildman–Crippen LogP) is 2.07. The molecule has 2 N–H and O–H groups in total. The molecule has 0 atom stereocenters. The molecule has 0 saturated carbocycles. The maximum absolute atomic E-state index is 12.0. The van der Waals surface area contributed by atoms with Gasteiger partial charge in [0.25, 0.3) is 0 Å². The van der Waals surface area contributed by atoms with E-state index in [1.54, 1.807) is 12.1 Å². The number of halogens is 3. The third-order valence-corrected chi connectivity index (χ3v) is 1.73. The van der Waals surface area contributed by atoms with Crippen LogP contribution in [0.1, 0.15) is 11.1 Å². The van der Waals surface area contributed by atoms with E-state index in [4.69, 9.17) is 5.73 Å². The van der Waals surface area contributed by atoms with E-state index in [2.05, 4.69) is 0 Å². The van der Waals surface area contributed by atoms with Gasteiger partial charge in [-0.2, -0.15) is 0 Å². The first kappa shape index (κ1) is 10.1. The van der Waals surface area contributed by atoms with Crippen LogP contribution in [0.5, 0.6) is 0 Å². The van der Waals surface area contributed by atoms with Crippen molar-refractivity contribution in [2.45, 2.75) is 12.9 Å². The minimum Gasteiger partial charge on any atom is -0.449 e. The molecule has 0 unspecified atom stereocenters. The Balaban J connectivity index is 2.70. The summed E-state index contributed by atoms with van der Waals surface area (Å²) in [4.78, 5) is 0. The fourth-order valence-corrected chi connectivity index (χ4v) is 1.08. The van der Waals surface area contributed by atoms with Gasteiger partial charge in [-0.05, 0) is 5.56 Å². The van der Waals surface area contributed by atoms with Gasteiger partial charge in [0.15, 0.2) is 0 Å². The molecule has 0 aliphatic carbocycles. The van der Waals surface area contributed by atoms with Crippen LogP contribution in [0, 0.1) is 0 Å². The van der Waals surface area contributed by atoms with Crippen LogP contribution in [-0.4, -0.2) is 6.98 Å².